The number of likely N-dealkylation sites (tertiary alicyclic amines) is 1. The summed E-state index contributed by atoms with van der Waals surface area (Å²) >= 11 is 0. The number of amides is 1. The van der Waals surface area contributed by atoms with Gasteiger partial charge in [-0.1, -0.05) is 24.3 Å². The topological polar surface area (TPSA) is 45.2 Å². The van der Waals surface area contributed by atoms with Gasteiger partial charge >= 0.3 is 0 Å². The van der Waals surface area contributed by atoms with E-state index in [-0.39, 0.29) is 5.91 Å². The van der Waals surface area contributed by atoms with Crippen LogP contribution >= 0.6 is 0 Å². The molecule has 0 atom stereocenters. The molecule has 2 heterocycles. The molecule has 1 saturated heterocycles. The highest BCUT2D eigenvalue weighted by molar-refractivity contribution is 5.88. The Kier molecular flexibility index (Phi) is 3.84. The van der Waals surface area contributed by atoms with Gasteiger partial charge in [-0.05, 0) is 37.6 Å². The first-order valence-electron chi connectivity index (χ1n) is 7.59. The number of carbonyl (C=O) groups excluding carboxylic acids is 1. The molecule has 3 rings (SSSR count). The second kappa shape index (κ2) is 5.79. The van der Waals surface area contributed by atoms with Crippen LogP contribution in [0.5, 0.6) is 0 Å². The number of hydrogen-bond donors (Lipinski definition) is 1. The van der Waals surface area contributed by atoms with Crippen LogP contribution < -0.4 is 5.32 Å². The first-order chi connectivity index (χ1) is 10.6. The van der Waals surface area contributed by atoms with Gasteiger partial charge in [0.1, 0.15) is 0 Å². The standard InChI is InChI=1S/C18H21N3O/c1-18(2,14-7-6-10-19-11-14)17(22)21-12-16(13-21)20-15-8-4-3-5-9-15/h3-11,16,20H,12-13H2,1-2H3. The molecular formula is C18H21N3O. The van der Waals surface area contributed by atoms with Crippen LogP contribution in [-0.4, -0.2) is 34.9 Å². The van der Waals surface area contributed by atoms with Crippen molar-refractivity contribution >= 4 is 11.6 Å². The van der Waals surface area contributed by atoms with Gasteiger partial charge < -0.3 is 10.2 Å². The number of nitrogens with zero attached hydrogens (tertiary/aromatic N) is 2. The summed E-state index contributed by atoms with van der Waals surface area (Å²) in [7, 11) is 0. The lowest BCUT2D eigenvalue weighted by Gasteiger charge is -2.43. The van der Waals surface area contributed by atoms with Crippen LogP contribution in [0, 0.1) is 0 Å². The van der Waals surface area contributed by atoms with Crippen LogP contribution in [0.1, 0.15) is 19.4 Å². The van der Waals surface area contributed by atoms with Gasteiger partial charge in [-0.25, -0.2) is 0 Å². The molecule has 1 amide bonds. The quantitative estimate of drug-likeness (QED) is 0.943. The van der Waals surface area contributed by atoms with Crippen molar-refractivity contribution in [1.82, 2.24) is 9.88 Å². The molecule has 0 bridgehead atoms. The van der Waals surface area contributed by atoms with Crippen LogP contribution in [0.3, 0.4) is 0 Å². The fourth-order valence-electron chi connectivity index (χ4n) is 2.76. The summed E-state index contributed by atoms with van der Waals surface area (Å²) in [6, 6.07) is 14.3. The van der Waals surface area contributed by atoms with Crippen molar-refractivity contribution in [3.05, 3.63) is 60.4 Å². The number of rotatable bonds is 4. The van der Waals surface area contributed by atoms with E-state index in [1.807, 2.05) is 61.2 Å². The Morgan fingerprint density at radius 3 is 2.55 bits per heavy atom. The Labute approximate surface area is 131 Å². The van der Waals surface area contributed by atoms with Crippen molar-refractivity contribution in [2.45, 2.75) is 25.3 Å². The SMILES string of the molecule is CC(C)(C(=O)N1CC(Nc2ccccc2)C1)c1cccnc1. The third kappa shape index (κ3) is 2.82. The van der Waals surface area contributed by atoms with E-state index in [0.29, 0.717) is 6.04 Å². The van der Waals surface area contributed by atoms with E-state index in [9.17, 15) is 4.79 Å². The van der Waals surface area contributed by atoms with Crippen molar-refractivity contribution in [1.29, 1.82) is 0 Å². The molecule has 1 fully saturated rings. The van der Waals surface area contributed by atoms with E-state index in [0.717, 1.165) is 24.3 Å². The molecule has 1 aliphatic heterocycles. The van der Waals surface area contributed by atoms with Crippen molar-refractivity contribution in [2.24, 2.45) is 0 Å². The Morgan fingerprint density at radius 1 is 1.18 bits per heavy atom. The van der Waals surface area contributed by atoms with Gasteiger partial charge in [-0.3, -0.25) is 9.78 Å². The average Bonchev–Trinajstić information content (AvgIpc) is 2.51. The summed E-state index contributed by atoms with van der Waals surface area (Å²) in [5, 5.41) is 3.45. The van der Waals surface area contributed by atoms with Crippen molar-refractivity contribution in [3.63, 3.8) is 0 Å². The first kappa shape index (κ1) is 14.6. The molecule has 22 heavy (non-hydrogen) atoms. The Morgan fingerprint density at radius 2 is 1.91 bits per heavy atom. The van der Waals surface area contributed by atoms with Gasteiger partial charge in [0.25, 0.3) is 0 Å². The highest BCUT2D eigenvalue weighted by Crippen LogP contribution is 2.28. The maximum atomic E-state index is 12.7. The molecular weight excluding hydrogens is 274 g/mol. The second-order valence-electron chi connectivity index (χ2n) is 6.28. The summed E-state index contributed by atoms with van der Waals surface area (Å²) in [5.74, 6) is 0.159. The number of aromatic nitrogens is 1. The molecule has 114 valence electrons. The normalized spacial score (nSPS) is 15.3. The van der Waals surface area contributed by atoms with Crippen LogP contribution in [0.2, 0.25) is 0 Å². The third-order valence-corrected chi connectivity index (χ3v) is 4.23. The molecule has 4 nitrogen and oxygen atoms in total. The first-order valence-corrected chi connectivity index (χ1v) is 7.59. The maximum absolute atomic E-state index is 12.7. The van der Waals surface area contributed by atoms with E-state index in [1.54, 1.807) is 12.4 Å². The van der Waals surface area contributed by atoms with Gasteiger partial charge in [0.05, 0.1) is 11.5 Å². The molecule has 2 aromatic rings. The summed E-state index contributed by atoms with van der Waals surface area (Å²) in [4.78, 5) is 18.8. The van der Waals surface area contributed by atoms with Gasteiger partial charge in [0.2, 0.25) is 5.91 Å². The minimum Gasteiger partial charge on any atom is -0.379 e. The largest absolute Gasteiger partial charge is 0.379 e. The van der Waals surface area contributed by atoms with Gasteiger partial charge in [-0.15, -0.1) is 0 Å². The molecule has 1 aromatic heterocycles. The number of anilines is 1. The highest BCUT2D eigenvalue weighted by Gasteiger charge is 2.39. The number of benzene rings is 1. The number of nitrogens with one attached hydrogen (secondary N) is 1. The molecule has 1 aliphatic rings. The van der Waals surface area contributed by atoms with E-state index < -0.39 is 5.41 Å². The van der Waals surface area contributed by atoms with E-state index in [4.69, 9.17) is 0 Å². The van der Waals surface area contributed by atoms with Crippen molar-refractivity contribution < 1.29 is 4.79 Å². The summed E-state index contributed by atoms with van der Waals surface area (Å²) in [6.45, 7) is 5.42. The zero-order valence-electron chi connectivity index (χ0n) is 13.0. The van der Waals surface area contributed by atoms with Gasteiger partial charge in [-0.2, -0.15) is 0 Å². The number of pyridine rings is 1. The van der Waals surface area contributed by atoms with Crippen LogP contribution in [0.15, 0.2) is 54.9 Å². The Balaban J connectivity index is 1.59. The molecule has 1 N–H and O–H groups in total. The van der Waals surface area contributed by atoms with E-state index in [2.05, 4.69) is 10.3 Å². The van der Waals surface area contributed by atoms with Crippen LogP contribution in [0.4, 0.5) is 5.69 Å². The summed E-state index contributed by atoms with van der Waals surface area (Å²) in [5.41, 5.74) is 1.52. The Hall–Kier alpha value is -2.36. The number of carbonyl (C=O) groups is 1. The minimum absolute atomic E-state index is 0.159. The lowest BCUT2D eigenvalue weighted by atomic mass is 9.83. The van der Waals surface area contributed by atoms with E-state index in [1.165, 1.54) is 0 Å². The second-order valence-corrected chi connectivity index (χ2v) is 6.28. The van der Waals surface area contributed by atoms with Gasteiger partial charge in [0.15, 0.2) is 0 Å². The van der Waals surface area contributed by atoms with Crippen LogP contribution in [-0.2, 0) is 10.2 Å². The molecule has 0 saturated carbocycles. The third-order valence-electron chi connectivity index (χ3n) is 4.23. The molecule has 4 heteroatoms. The highest BCUT2D eigenvalue weighted by atomic mass is 16.2. The fourth-order valence-corrected chi connectivity index (χ4v) is 2.76. The molecule has 0 unspecified atom stereocenters. The molecule has 0 radical (unpaired) electrons. The number of hydrogen-bond acceptors (Lipinski definition) is 3. The monoisotopic (exact) mass is 295 g/mol. The lowest BCUT2D eigenvalue weighted by molar-refractivity contribution is -0.140. The Bertz CT molecular complexity index is 634. The average molecular weight is 295 g/mol. The van der Waals surface area contributed by atoms with Crippen LogP contribution in [0.25, 0.3) is 0 Å². The zero-order chi connectivity index (χ0) is 15.6. The fraction of sp³-hybridized carbons (Fsp3) is 0.333. The number of para-hydroxylation sites is 1. The lowest BCUT2D eigenvalue weighted by Crippen LogP contribution is -2.60. The van der Waals surface area contributed by atoms with Gasteiger partial charge in [0, 0.05) is 31.2 Å². The smallest absolute Gasteiger partial charge is 0.232 e. The maximum Gasteiger partial charge on any atom is 0.232 e. The van der Waals surface area contributed by atoms with E-state index >= 15 is 0 Å². The zero-order valence-corrected chi connectivity index (χ0v) is 13.0. The predicted molar refractivity (Wildman–Crippen MR) is 87.7 cm³/mol. The minimum atomic E-state index is -0.536. The molecule has 1 aromatic carbocycles. The van der Waals surface area contributed by atoms with Crippen molar-refractivity contribution in [2.75, 3.05) is 18.4 Å². The summed E-state index contributed by atoms with van der Waals surface area (Å²) in [6.07, 6.45) is 3.50. The molecule has 0 aliphatic carbocycles. The predicted octanol–water partition coefficient (Wildman–Crippen LogP) is 2.68. The molecule has 0 spiro atoms. The summed E-state index contributed by atoms with van der Waals surface area (Å²) < 4.78 is 0. The van der Waals surface area contributed by atoms with Crippen molar-refractivity contribution in [3.8, 4) is 0 Å².